The zero-order chi connectivity index (χ0) is 20.6. The predicted molar refractivity (Wildman–Crippen MR) is 130 cm³/mol. The molecule has 9 heteroatoms. The van der Waals surface area contributed by atoms with Gasteiger partial charge < -0.3 is 16.0 Å². The Bertz CT molecular complexity index is 646. The van der Waals surface area contributed by atoms with E-state index in [0.717, 1.165) is 19.0 Å². The van der Waals surface area contributed by atoms with Crippen LogP contribution in [0.15, 0.2) is 4.99 Å². The number of sulfone groups is 1. The van der Waals surface area contributed by atoms with Gasteiger partial charge in [-0.1, -0.05) is 26.7 Å². The van der Waals surface area contributed by atoms with Crippen molar-refractivity contribution in [3.8, 4) is 0 Å². The minimum Gasteiger partial charge on any atom is -0.357 e. The number of halogens is 1. The number of hydrogen-bond donors (Lipinski definition) is 3. The third-order valence-corrected chi connectivity index (χ3v) is 7.43. The highest BCUT2D eigenvalue weighted by Crippen LogP contribution is 2.43. The molecule has 1 unspecified atom stereocenters. The van der Waals surface area contributed by atoms with Gasteiger partial charge in [-0.05, 0) is 43.9 Å². The lowest BCUT2D eigenvalue weighted by Gasteiger charge is -2.29. The SMILES string of the molecule is CCNC(=NCC1(CC(C)C)CCCC1)NCCC(=O)NC1CCS(=O)(=O)C1.I. The van der Waals surface area contributed by atoms with E-state index in [1.807, 2.05) is 6.92 Å². The van der Waals surface area contributed by atoms with Crippen LogP contribution in [0.1, 0.15) is 65.7 Å². The Balaban J connectivity index is 0.00000420. The number of nitrogens with zero attached hydrogens (tertiary/aromatic N) is 1. The number of amides is 1. The predicted octanol–water partition coefficient (Wildman–Crippen LogP) is 2.46. The molecule has 0 bridgehead atoms. The molecular weight excluding hydrogens is 503 g/mol. The average Bonchev–Trinajstić information content (AvgIpc) is 3.18. The van der Waals surface area contributed by atoms with E-state index in [9.17, 15) is 13.2 Å². The van der Waals surface area contributed by atoms with Crippen LogP contribution in [0.4, 0.5) is 0 Å². The van der Waals surface area contributed by atoms with E-state index in [-0.39, 0.29) is 47.4 Å². The number of carbonyl (C=O) groups excluding carboxylic acids is 1. The van der Waals surface area contributed by atoms with E-state index in [1.54, 1.807) is 0 Å². The average molecular weight is 543 g/mol. The molecule has 0 aromatic rings. The zero-order valence-electron chi connectivity index (χ0n) is 18.1. The Hall–Kier alpha value is -0.580. The quantitative estimate of drug-likeness (QED) is 0.236. The Kier molecular flexibility index (Phi) is 11.2. The van der Waals surface area contributed by atoms with E-state index in [2.05, 4.69) is 29.8 Å². The summed E-state index contributed by atoms with van der Waals surface area (Å²) in [6, 6.07) is -0.238. The fourth-order valence-corrected chi connectivity index (χ4v) is 6.18. The molecule has 170 valence electrons. The first-order chi connectivity index (χ1) is 13.2. The summed E-state index contributed by atoms with van der Waals surface area (Å²) in [5, 5.41) is 9.34. The highest BCUT2D eigenvalue weighted by atomic mass is 127. The summed E-state index contributed by atoms with van der Waals surface area (Å²) >= 11 is 0. The maximum Gasteiger partial charge on any atom is 0.222 e. The van der Waals surface area contributed by atoms with Crippen molar-refractivity contribution < 1.29 is 13.2 Å². The molecule has 1 aliphatic carbocycles. The van der Waals surface area contributed by atoms with Crippen molar-refractivity contribution in [2.75, 3.05) is 31.1 Å². The number of nitrogens with one attached hydrogen (secondary N) is 3. The van der Waals surface area contributed by atoms with Gasteiger partial charge in [-0.15, -0.1) is 24.0 Å². The van der Waals surface area contributed by atoms with Crippen molar-refractivity contribution >= 4 is 45.7 Å². The molecule has 1 aliphatic heterocycles. The summed E-state index contributed by atoms with van der Waals surface area (Å²) in [5.41, 5.74) is 0.321. The molecule has 2 rings (SSSR count). The van der Waals surface area contributed by atoms with Gasteiger partial charge in [-0.3, -0.25) is 9.79 Å². The molecule has 2 fully saturated rings. The van der Waals surface area contributed by atoms with Crippen LogP contribution in [0.2, 0.25) is 0 Å². The van der Waals surface area contributed by atoms with Crippen LogP contribution in [0.25, 0.3) is 0 Å². The molecule has 0 radical (unpaired) electrons. The molecular formula is C20H39IN4O3S. The maximum atomic E-state index is 12.1. The summed E-state index contributed by atoms with van der Waals surface area (Å²) in [4.78, 5) is 16.9. The third-order valence-electron chi connectivity index (χ3n) is 5.66. The van der Waals surface area contributed by atoms with Gasteiger partial charge in [0.15, 0.2) is 15.8 Å². The molecule has 7 nitrogen and oxygen atoms in total. The molecule has 0 aromatic carbocycles. The minimum absolute atomic E-state index is 0. The number of rotatable bonds is 9. The Morgan fingerprint density at radius 2 is 1.90 bits per heavy atom. The molecule has 1 heterocycles. The van der Waals surface area contributed by atoms with Crippen molar-refractivity contribution in [2.24, 2.45) is 16.3 Å². The third kappa shape index (κ3) is 9.40. The van der Waals surface area contributed by atoms with Crippen molar-refractivity contribution in [1.29, 1.82) is 0 Å². The van der Waals surface area contributed by atoms with Gasteiger partial charge in [0, 0.05) is 32.1 Å². The van der Waals surface area contributed by atoms with Crippen LogP contribution in [-0.2, 0) is 14.6 Å². The highest BCUT2D eigenvalue weighted by Gasteiger charge is 2.34. The van der Waals surface area contributed by atoms with Crippen LogP contribution in [0.5, 0.6) is 0 Å². The van der Waals surface area contributed by atoms with Crippen molar-refractivity contribution in [1.82, 2.24) is 16.0 Å². The monoisotopic (exact) mass is 542 g/mol. The van der Waals surface area contributed by atoms with Crippen LogP contribution < -0.4 is 16.0 Å². The normalized spacial score (nSPS) is 22.9. The number of aliphatic imine (C=N–C) groups is 1. The van der Waals surface area contributed by atoms with Crippen molar-refractivity contribution in [3.05, 3.63) is 0 Å². The van der Waals surface area contributed by atoms with Gasteiger partial charge in [0.1, 0.15) is 0 Å². The smallest absolute Gasteiger partial charge is 0.222 e. The lowest BCUT2D eigenvalue weighted by Crippen LogP contribution is -2.41. The number of hydrogen-bond acceptors (Lipinski definition) is 4. The van der Waals surface area contributed by atoms with Crippen LogP contribution >= 0.6 is 24.0 Å². The fraction of sp³-hybridized carbons (Fsp3) is 0.900. The van der Waals surface area contributed by atoms with E-state index in [1.165, 1.54) is 32.1 Å². The van der Waals surface area contributed by atoms with E-state index < -0.39 is 9.84 Å². The summed E-state index contributed by atoms with van der Waals surface area (Å²) < 4.78 is 23.0. The lowest BCUT2D eigenvalue weighted by molar-refractivity contribution is -0.121. The molecule has 1 saturated heterocycles. The second kappa shape index (κ2) is 12.3. The molecule has 1 atom stereocenters. The van der Waals surface area contributed by atoms with Gasteiger partial charge in [-0.2, -0.15) is 0 Å². The molecule has 0 aromatic heterocycles. The van der Waals surface area contributed by atoms with E-state index in [0.29, 0.717) is 30.7 Å². The van der Waals surface area contributed by atoms with E-state index in [4.69, 9.17) is 4.99 Å². The van der Waals surface area contributed by atoms with Gasteiger partial charge in [0.2, 0.25) is 5.91 Å². The Labute approximate surface area is 193 Å². The first-order valence-electron chi connectivity index (χ1n) is 10.8. The summed E-state index contributed by atoms with van der Waals surface area (Å²) in [6.45, 7) is 8.67. The second-order valence-electron chi connectivity index (χ2n) is 8.84. The fourth-order valence-electron chi connectivity index (χ4n) is 4.51. The molecule has 29 heavy (non-hydrogen) atoms. The molecule has 1 saturated carbocycles. The molecule has 1 amide bonds. The molecule has 3 N–H and O–H groups in total. The van der Waals surface area contributed by atoms with Gasteiger partial charge in [0.05, 0.1) is 11.5 Å². The maximum absolute atomic E-state index is 12.1. The Morgan fingerprint density at radius 3 is 2.45 bits per heavy atom. The first-order valence-corrected chi connectivity index (χ1v) is 12.6. The van der Waals surface area contributed by atoms with E-state index >= 15 is 0 Å². The molecule has 0 spiro atoms. The topological polar surface area (TPSA) is 99.7 Å². The first kappa shape index (κ1) is 26.5. The second-order valence-corrected chi connectivity index (χ2v) is 11.1. The van der Waals surface area contributed by atoms with Gasteiger partial charge in [0.25, 0.3) is 0 Å². The molecule has 2 aliphatic rings. The largest absolute Gasteiger partial charge is 0.357 e. The van der Waals surface area contributed by atoms with Crippen molar-refractivity contribution in [2.45, 2.75) is 71.8 Å². The zero-order valence-corrected chi connectivity index (χ0v) is 21.3. The lowest BCUT2D eigenvalue weighted by atomic mass is 9.78. The summed E-state index contributed by atoms with van der Waals surface area (Å²) in [7, 11) is -2.97. The minimum atomic E-state index is -2.97. The van der Waals surface area contributed by atoms with Crippen molar-refractivity contribution in [3.63, 3.8) is 0 Å². The van der Waals surface area contributed by atoms with Gasteiger partial charge in [-0.25, -0.2) is 8.42 Å². The number of guanidine groups is 1. The van der Waals surface area contributed by atoms with Gasteiger partial charge >= 0.3 is 0 Å². The van der Waals surface area contributed by atoms with Crippen LogP contribution in [-0.4, -0.2) is 57.5 Å². The Morgan fingerprint density at radius 1 is 1.21 bits per heavy atom. The summed E-state index contributed by atoms with van der Waals surface area (Å²) in [5.74, 6) is 1.55. The highest BCUT2D eigenvalue weighted by molar-refractivity contribution is 14.0. The van der Waals surface area contributed by atoms with Crippen LogP contribution in [0, 0.1) is 11.3 Å². The number of carbonyl (C=O) groups is 1. The standard InChI is InChI=1S/C20H38N4O3S.HI/c1-4-21-19(23-15-20(13-16(2)3)9-5-6-10-20)22-11-7-18(25)24-17-8-12-28(26,27)14-17;/h16-17H,4-15H2,1-3H3,(H,24,25)(H2,21,22,23);1H. The van der Waals surface area contributed by atoms with Crippen LogP contribution in [0.3, 0.4) is 0 Å². The summed E-state index contributed by atoms with van der Waals surface area (Å²) in [6.07, 6.45) is 7.12.